The first-order valence-electron chi connectivity index (χ1n) is 10.5. The maximum absolute atomic E-state index is 12.7. The third kappa shape index (κ3) is 5.31. The molecular formula is C26H25ClN2O3. The highest BCUT2D eigenvalue weighted by Gasteiger charge is 2.17. The van der Waals surface area contributed by atoms with E-state index in [1.165, 1.54) is 5.56 Å². The van der Waals surface area contributed by atoms with E-state index in [9.17, 15) is 4.79 Å². The third-order valence-electron chi connectivity index (χ3n) is 5.26. The van der Waals surface area contributed by atoms with Crippen molar-refractivity contribution in [1.29, 1.82) is 0 Å². The van der Waals surface area contributed by atoms with Gasteiger partial charge in [0.25, 0.3) is 5.91 Å². The molecule has 0 spiro atoms. The number of carbonyl (C=O) groups is 1. The minimum atomic E-state index is -0.327. The maximum Gasteiger partial charge on any atom is 0.291 e. The molecule has 6 heteroatoms. The molecule has 0 aliphatic carbocycles. The number of furan rings is 1. The highest BCUT2D eigenvalue weighted by atomic mass is 35.5. The number of fused-ring (bicyclic) bond motifs is 1. The van der Waals surface area contributed by atoms with Crippen LogP contribution in [0.15, 0.2) is 77.2 Å². The number of anilines is 1. The quantitative estimate of drug-likeness (QED) is 0.305. The number of carbonyl (C=O) groups excluding carboxylic acids is 1. The average molecular weight is 449 g/mol. The first-order chi connectivity index (χ1) is 15.6. The van der Waals surface area contributed by atoms with Gasteiger partial charge >= 0.3 is 0 Å². The van der Waals surface area contributed by atoms with Crippen LogP contribution in [0.2, 0.25) is 5.02 Å². The fraction of sp³-hybridized carbons (Fsp3) is 0.192. The van der Waals surface area contributed by atoms with E-state index in [0.717, 1.165) is 30.3 Å². The molecule has 0 saturated carbocycles. The van der Waals surface area contributed by atoms with E-state index in [4.69, 9.17) is 20.8 Å². The summed E-state index contributed by atoms with van der Waals surface area (Å²) in [6.45, 7) is 1.57. The van der Waals surface area contributed by atoms with Crippen LogP contribution in [0.5, 0.6) is 5.75 Å². The lowest BCUT2D eigenvalue weighted by Gasteiger charge is -2.08. The van der Waals surface area contributed by atoms with Crippen LogP contribution in [0.3, 0.4) is 0 Å². The summed E-state index contributed by atoms with van der Waals surface area (Å²) in [5.41, 5.74) is 3.60. The fourth-order valence-electron chi connectivity index (χ4n) is 3.59. The number of hydrogen-bond acceptors (Lipinski definition) is 4. The van der Waals surface area contributed by atoms with E-state index in [0.29, 0.717) is 28.6 Å². The molecule has 32 heavy (non-hydrogen) atoms. The van der Waals surface area contributed by atoms with Gasteiger partial charge in [-0.25, -0.2) is 0 Å². The van der Waals surface area contributed by atoms with Crippen LogP contribution in [0, 0.1) is 0 Å². The minimum Gasteiger partial charge on any atom is -0.493 e. The number of methoxy groups -OCH3 is 1. The van der Waals surface area contributed by atoms with Gasteiger partial charge in [-0.2, -0.15) is 0 Å². The molecule has 4 aromatic rings. The predicted molar refractivity (Wildman–Crippen MR) is 129 cm³/mol. The van der Waals surface area contributed by atoms with Gasteiger partial charge in [0, 0.05) is 22.6 Å². The lowest BCUT2D eigenvalue weighted by atomic mass is 10.1. The Morgan fingerprint density at radius 2 is 1.81 bits per heavy atom. The molecule has 0 radical (unpaired) electrons. The van der Waals surface area contributed by atoms with Crippen molar-refractivity contribution in [2.75, 3.05) is 19.0 Å². The van der Waals surface area contributed by atoms with Crippen molar-refractivity contribution in [1.82, 2.24) is 5.32 Å². The normalized spacial score (nSPS) is 10.9. The van der Waals surface area contributed by atoms with Crippen LogP contribution < -0.4 is 15.4 Å². The summed E-state index contributed by atoms with van der Waals surface area (Å²) < 4.78 is 11.3. The molecule has 1 aromatic heterocycles. The van der Waals surface area contributed by atoms with Gasteiger partial charge in [0.15, 0.2) is 17.1 Å². The summed E-state index contributed by atoms with van der Waals surface area (Å²) in [6.07, 6.45) is 2.08. The third-order valence-corrected chi connectivity index (χ3v) is 5.51. The van der Waals surface area contributed by atoms with E-state index in [-0.39, 0.29) is 11.7 Å². The molecule has 0 saturated heterocycles. The van der Waals surface area contributed by atoms with Gasteiger partial charge in [-0.1, -0.05) is 48.0 Å². The summed E-state index contributed by atoms with van der Waals surface area (Å²) in [6, 6.07) is 23.0. The van der Waals surface area contributed by atoms with Gasteiger partial charge in [-0.15, -0.1) is 0 Å². The molecule has 1 heterocycles. The zero-order valence-electron chi connectivity index (χ0n) is 17.9. The summed E-state index contributed by atoms with van der Waals surface area (Å²) >= 11 is 5.91. The molecule has 164 valence electrons. The molecule has 0 bridgehead atoms. The summed E-state index contributed by atoms with van der Waals surface area (Å²) in [4.78, 5) is 12.7. The Morgan fingerprint density at radius 1 is 1.03 bits per heavy atom. The van der Waals surface area contributed by atoms with Crippen LogP contribution in [-0.4, -0.2) is 19.6 Å². The van der Waals surface area contributed by atoms with Gasteiger partial charge in [-0.05, 0) is 66.9 Å². The monoisotopic (exact) mass is 448 g/mol. The largest absolute Gasteiger partial charge is 0.493 e. The first kappa shape index (κ1) is 21.9. The van der Waals surface area contributed by atoms with Gasteiger partial charge in [0.2, 0.25) is 0 Å². The van der Waals surface area contributed by atoms with Gasteiger partial charge in [0.05, 0.1) is 7.11 Å². The topological polar surface area (TPSA) is 63.5 Å². The lowest BCUT2D eigenvalue weighted by Crippen LogP contribution is -2.15. The molecule has 5 nitrogen and oxygen atoms in total. The van der Waals surface area contributed by atoms with Gasteiger partial charge in [-0.3, -0.25) is 4.79 Å². The average Bonchev–Trinajstić information content (AvgIpc) is 3.27. The second-order valence-electron chi connectivity index (χ2n) is 7.51. The minimum absolute atomic E-state index is 0.227. The zero-order valence-corrected chi connectivity index (χ0v) is 18.6. The molecule has 0 fully saturated rings. The molecule has 2 N–H and O–H groups in total. The van der Waals surface area contributed by atoms with E-state index >= 15 is 0 Å². The van der Waals surface area contributed by atoms with Crippen LogP contribution in [0.25, 0.3) is 11.0 Å². The van der Waals surface area contributed by atoms with Crippen LogP contribution in [0.4, 0.5) is 5.69 Å². The smallest absolute Gasteiger partial charge is 0.291 e. The Kier molecular flexibility index (Phi) is 7.10. The highest BCUT2D eigenvalue weighted by molar-refractivity contribution is 6.30. The Morgan fingerprint density at radius 3 is 2.56 bits per heavy atom. The fourth-order valence-corrected chi connectivity index (χ4v) is 3.72. The van der Waals surface area contributed by atoms with Crippen molar-refractivity contribution in [3.05, 3.63) is 94.7 Å². The lowest BCUT2D eigenvalue weighted by molar-refractivity contribution is 0.0998. The Labute approximate surface area is 192 Å². The Hall–Kier alpha value is -3.28. The van der Waals surface area contributed by atoms with Crippen LogP contribution >= 0.6 is 11.6 Å². The Balaban J connectivity index is 1.44. The molecule has 1 amide bonds. The van der Waals surface area contributed by atoms with Crippen LogP contribution in [-0.2, 0) is 13.0 Å². The number of ether oxygens (including phenoxy) is 1. The summed E-state index contributed by atoms with van der Waals surface area (Å²) in [7, 11) is 1.59. The van der Waals surface area contributed by atoms with Gasteiger partial charge < -0.3 is 19.8 Å². The summed E-state index contributed by atoms with van der Waals surface area (Å²) in [5.74, 6) is 0.496. The second-order valence-corrected chi connectivity index (χ2v) is 7.94. The van der Waals surface area contributed by atoms with Crippen molar-refractivity contribution in [3.8, 4) is 5.75 Å². The second kappa shape index (κ2) is 10.4. The SMILES string of the molecule is COc1ccc(CNCCCc2ccccc2)c2cc(C(=O)Nc3ccc(Cl)cc3)oc12. The maximum atomic E-state index is 12.7. The van der Waals surface area contributed by atoms with Crippen molar-refractivity contribution >= 4 is 34.2 Å². The molecule has 0 aliphatic heterocycles. The molecule has 0 unspecified atom stereocenters. The molecule has 4 rings (SSSR count). The number of nitrogens with one attached hydrogen (secondary N) is 2. The van der Waals surface area contributed by atoms with Crippen molar-refractivity contribution in [3.63, 3.8) is 0 Å². The van der Waals surface area contributed by atoms with Crippen molar-refractivity contribution in [2.45, 2.75) is 19.4 Å². The molecule has 0 atom stereocenters. The van der Waals surface area contributed by atoms with Crippen LogP contribution in [0.1, 0.15) is 28.1 Å². The first-order valence-corrected chi connectivity index (χ1v) is 10.9. The highest BCUT2D eigenvalue weighted by Crippen LogP contribution is 2.32. The van der Waals surface area contributed by atoms with E-state index in [1.54, 1.807) is 37.4 Å². The Bertz CT molecular complexity index is 1190. The van der Waals surface area contributed by atoms with Gasteiger partial charge in [0.1, 0.15) is 0 Å². The number of benzene rings is 3. The molecular weight excluding hydrogens is 424 g/mol. The standard InChI is InChI=1S/C26H25ClN2O3/c1-31-23-14-9-19(17-28-15-5-8-18-6-3-2-4-7-18)22-16-24(32-25(22)23)26(30)29-21-12-10-20(27)11-13-21/h2-4,6-7,9-14,16,28H,5,8,15,17H2,1H3,(H,29,30). The van der Waals surface area contributed by atoms with E-state index in [2.05, 4.69) is 34.9 Å². The van der Waals surface area contributed by atoms with Crippen molar-refractivity contribution in [2.24, 2.45) is 0 Å². The number of aryl methyl sites for hydroxylation is 1. The molecule has 3 aromatic carbocycles. The number of halogens is 1. The molecule has 0 aliphatic rings. The predicted octanol–water partition coefficient (Wildman–Crippen LogP) is 6.07. The number of amides is 1. The number of rotatable bonds is 9. The van der Waals surface area contributed by atoms with E-state index in [1.807, 2.05) is 18.2 Å². The zero-order chi connectivity index (χ0) is 22.3. The van der Waals surface area contributed by atoms with Crippen molar-refractivity contribution < 1.29 is 13.9 Å². The number of hydrogen-bond donors (Lipinski definition) is 2. The summed E-state index contributed by atoms with van der Waals surface area (Å²) in [5, 5.41) is 7.79. The van der Waals surface area contributed by atoms with E-state index < -0.39 is 0 Å².